The van der Waals surface area contributed by atoms with Crippen LogP contribution in [0.4, 0.5) is 0 Å². The van der Waals surface area contributed by atoms with E-state index in [1.54, 1.807) is 12.1 Å². The Bertz CT molecular complexity index is 542. The lowest BCUT2D eigenvalue weighted by atomic mass is 10.4. The minimum absolute atomic E-state index is 0.0621. The van der Waals surface area contributed by atoms with Crippen LogP contribution < -0.4 is 0 Å². The van der Waals surface area contributed by atoms with E-state index in [4.69, 9.17) is 5.11 Å². The molecule has 0 radical (unpaired) electrons. The van der Waals surface area contributed by atoms with Crippen molar-refractivity contribution in [1.82, 2.24) is 4.98 Å². The maximum atomic E-state index is 10.8. The Kier molecular flexibility index (Phi) is 3.81. The molecule has 0 amide bonds. The zero-order valence-corrected chi connectivity index (χ0v) is 11.0. The lowest BCUT2D eigenvalue weighted by Crippen LogP contribution is -1.99. The molecule has 1 aromatic heterocycles. The van der Waals surface area contributed by atoms with Crippen molar-refractivity contribution in [2.75, 3.05) is 0 Å². The Morgan fingerprint density at radius 3 is 2.53 bits per heavy atom. The van der Waals surface area contributed by atoms with Crippen LogP contribution in [0.15, 0.2) is 56.9 Å². The molecule has 2 rings (SSSR count). The fraction of sp³-hybridized carbons (Fsp3) is 0. The minimum Gasteiger partial charge on any atom is -0.477 e. The molecule has 0 aliphatic heterocycles. The van der Waals surface area contributed by atoms with Gasteiger partial charge in [-0.1, -0.05) is 33.8 Å². The molecule has 1 N–H and O–H groups in total. The van der Waals surface area contributed by atoms with Crippen LogP contribution in [0.2, 0.25) is 0 Å². The molecule has 0 aliphatic carbocycles. The normalized spacial score (nSPS) is 10.2. The lowest BCUT2D eigenvalue weighted by Gasteiger charge is -2.02. The standard InChI is InChI=1S/C12H8BrNO2S/c13-8-4-6-9(7-5-8)17-11-3-1-2-10(14-11)12(15)16/h1-7H,(H,15,16). The molecule has 0 unspecified atom stereocenters. The quantitative estimate of drug-likeness (QED) is 0.939. The highest BCUT2D eigenvalue weighted by molar-refractivity contribution is 9.10. The summed E-state index contributed by atoms with van der Waals surface area (Å²) in [5, 5.41) is 9.51. The van der Waals surface area contributed by atoms with E-state index >= 15 is 0 Å². The first kappa shape index (κ1) is 12.1. The fourth-order valence-electron chi connectivity index (χ4n) is 1.21. The largest absolute Gasteiger partial charge is 0.477 e. The summed E-state index contributed by atoms with van der Waals surface area (Å²) in [4.78, 5) is 15.8. The third kappa shape index (κ3) is 3.31. The monoisotopic (exact) mass is 309 g/mol. The first-order chi connectivity index (χ1) is 8.15. The molecule has 2 aromatic rings. The van der Waals surface area contributed by atoms with Crippen LogP contribution >= 0.6 is 27.7 Å². The van der Waals surface area contributed by atoms with Gasteiger partial charge in [-0.3, -0.25) is 0 Å². The van der Waals surface area contributed by atoms with Crippen LogP contribution in [0.3, 0.4) is 0 Å². The van der Waals surface area contributed by atoms with Gasteiger partial charge in [0.15, 0.2) is 0 Å². The maximum Gasteiger partial charge on any atom is 0.354 e. The number of aromatic carboxylic acids is 1. The number of halogens is 1. The molecule has 17 heavy (non-hydrogen) atoms. The molecular formula is C12H8BrNO2S. The van der Waals surface area contributed by atoms with Crippen LogP contribution in [0.1, 0.15) is 10.5 Å². The van der Waals surface area contributed by atoms with E-state index in [-0.39, 0.29) is 5.69 Å². The van der Waals surface area contributed by atoms with Gasteiger partial charge in [-0.25, -0.2) is 9.78 Å². The lowest BCUT2D eigenvalue weighted by molar-refractivity contribution is 0.0689. The molecule has 86 valence electrons. The Hall–Kier alpha value is -1.33. The summed E-state index contributed by atoms with van der Waals surface area (Å²) >= 11 is 4.79. The highest BCUT2D eigenvalue weighted by Gasteiger charge is 2.06. The van der Waals surface area contributed by atoms with E-state index in [0.717, 1.165) is 9.37 Å². The van der Waals surface area contributed by atoms with Gasteiger partial charge >= 0.3 is 5.97 Å². The van der Waals surface area contributed by atoms with Gasteiger partial charge in [0.2, 0.25) is 0 Å². The minimum atomic E-state index is -1.01. The van der Waals surface area contributed by atoms with Gasteiger partial charge in [-0.05, 0) is 36.4 Å². The summed E-state index contributed by atoms with van der Waals surface area (Å²) < 4.78 is 1.01. The zero-order chi connectivity index (χ0) is 12.3. The number of carboxylic acids is 1. The van der Waals surface area contributed by atoms with E-state index in [1.807, 2.05) is 24.3 Å². The first-order valence-corrected chi connectivity index (χ1v) is 6.40. The number of hydrogen-bond donors (Lipinski definition) is 1. The molecule has 0 spiro atoms. The van der Waals surface area contributed by atoms with E-state index in [2.05, 4.69) is 20.9 Å². The fourth-order valence-corrected chi connectivity index (χ4v) is 2.28. The highest BCUT2D eigenvalue weighted by Crippen LogP contribution is 2.27. The van der Waals surface area contributed by atoms with Crippen molar-refractivity contribution < 1.29 is 9.90 Å². The predicted molar refractivity (Wildman–Crippen MR) is 69.5 cm³/mol. The average molecular weight is 310 g/mol. The average Bonchev–Trinajstić information content (AvgIpc) is 2.32. The second-order valence-corrected chi connectivity index (χ2v) is 5.23. The van der Waals surface area contributed by atoms with Gasteiger partial charge in [0.25, 0.3) is 0 Å². The van der Waals surface area contributed by atoms with Crippen molar-refractivity contribution in [2.45, 2.75) is 9.92 Å². The molecule has 1 aromatic carbocycles. The summed E-state index contributed by atoms with van der Waals surface area (Å²) in [6.07, 6.45) is 0. The van der Waals surface area contributed by atoms with Gasteiger partial charge in [0.1, 0.15) is 10.7 Å². The van der Waals surface area contributed by atoms with E-state index in [0.29, 0.717) is 5.03 Å². The number of benzene rings is 1. The smallest absolute Gasteiger partial charge is 0.354 e. The van der Waals surface area contributed by atoms with Crippen molar-refractivity contribution >= 4 is 33.7 Å². The molecule has 0 saturated carbocycles. The molecule has 0 bridgehead atoms. The summed E-state index contributed by atoms with van der Waals surface area (Å²) in [6.45, 7) is 0. The van der Waals surface area contributed by atoms with Crippen LogP contribution in [0.5, 0.6) is 0 Å². The van der Waals surface area contributed by atoms with Gasteiger partial charge in [-0.15, -0.1) is 0 Å². The number of nitrogens with zero attached hydrogens (tertiary/aromatic N) is 1. The molecule has 1 heterocycles. The van der Waals surface area contributed by atoms with Gasteiger partial charge in [0.05, 0.1) is 0 Å². The highest BCUT2D eigenvalue weighted by atomic mass is 79.9. The Balaban J connectivity index is 2.21. The molecule has 0 aliphatic rings. The number of pyridine rings is 1. The van der Waals surface area contributed by atoms with Crippen molar-refractivity contribution in [3.8, 4) is 0 Å². The van der Waals surface area contributed by atoms with Crippen LogP contribution in [-0.2, 0) is 0 Å². The van der Waals surface area contributed by atoms with Crippen molar-refractivity contribution in [1.29, 1.82) is 0 Å². The Morgan fingerprint density at radius 1 is 1.18 bits per heavy atom. The topological polar surface area (TPSA) is 50.2 Å². The summed E-state index contributed by atoms with van der Waals surface area (Å²) in [5.41, 5.74) is 0.0621. The van der Waals surface area contributed by atoms with Crippen molar-refractivity contribution in [2.24, 2.45) is 0 Å². The number of aromatic nitrogens is 1. The van der Waals surface area contributed by atoms with E-state index in [1.165, 1.54) is 17.8 Å². The Morgan fingerprint density at radius 2 is 1.88 bits per heavy atom. The number of carbonyl (C=O) groups is 1. The van der Waals surface area contributed by atoms with Crippen LogP contribution in [0, 0.1) is 0 Å². The summed E-state index contributed by atoms with van der Waals surface area (Å²) in [5.74, 6) is -1.01. The summed E-state index contributed by atoms with van der Waals surface area (Å²) in [6, 6.07) is 12.7. The first-order valence-electron chi connectivity index (χ1n) is 4.79. The molecule has 0 atom stereocenters. The van der Waals surface area contributed by atoms with Crippen LogP contribution in [-0.4, -0.2) is 16.1 Å². The second-order valence-electron chi connectivity index (χ2n) is 3.22. The van der Waals surface area contributed by atoms with Gasteiger partial charge < -0.3 is 5.11 Å². The second kappa shape index (κ2) is 5.33. The third-order valence-electron chi connectivity index (χ3n) is 1.98. The van der Waals surface area contributed by atoms with E-state index in [9.17, 15) is 4.79 Å². The predicted octanol–water partition coefficient (Wildman–Crippen LogP) is 3.69. The third-order valence-corrected chi connectivity index (χ3v) is 3.45. The number of carboxylic acid groups (broad SMARTS) is 1. The van der Waals surface area contributed by atoms with Gasteiger partial charge in [0, 0.05) is 9.37 Å². The van der Waals surface area contributed by atoms with Crippen molar-refractivity contribution in [3.05, 3.63) is 52.6 Å². The van der Waals surface area contributed by atoms with Crippen molar-refractivity contribution in [3.63, 3.8) is 0 Å². The number of hydrogen-bond acceptors (Lipinski definition) is 3. The van der Waals surface area contributed by atoms with E-state index < -0.39 is 5.97 Å². The Labute approximate surface area is 111 Å². The molecule has 0 saturated heterocycles. The zero-order valence-electron chi connectivity index (χ0n) is 8.63. The maximum absolute atomic E-state index is 10.8. The molecule has 5 heteroatoms. The van der Waals surface area contributed by atoms with Gasteiger partial charge in [-0.2, -0.15) is 0 Å². The number of rotatable bonds is 3. The molecule has 0 fully saturated rings. The van der Waals surface area contributed by atoms with Crippen LogP contribution in [0.25, 0.3) is 0 Å². The SMILES string of the molecule is O=C(O)c1cccc(Sc2ccc(Br)cc2)n1. The molecule has 3 nitrogen and oxygen atoms in total. The summed E-state index contributed by atoms with van der Waals surface area (Å²) in [7, 11) is 0. The molecular weight excluding hydrogens is 302 g/mol.